The first-order chi connectivity index (χ1) is 14.3. The molecular formula is C20H22ClN3O6. The fourth-order valence-electron chi connectivity index (χ4n) is 2.37. The van der Waals surface area contributed by atoms with Crippen LogP contribution in [0.25, 0.3) is 0 Å². The number of urea groups is 1. The molecule has 0 aliphatic heterocycles. The minimum Gasteiger partial charge on any atom is -0.490 e. The number of benzene rings is 2. The topological polar surface area (TPSA) is 129 Å². The molecule has 4 N–H and O–H groups in total. The van der Waals surface area contributed by atoms with Crippen molar-refractivity contribution >= 4 is 40.9 Å². The quantitative estimate of drug-likeness (QED) is 0.428. The number of esters is 1. The van der Waals surface area contributed by atoms with Crippen LogP contribution in [-0.4, -0.2) is 37.7 Å². The van der Waals surface area contributed by atoms with Crippen molar-refractivity contribution in [1.82, 2.24) is 5.32 Å². The van der Waals surface area contributed by atoms with Crippen molar-refractivity contribution in [3.63, 3.8) is 0 Å². The Morgan fingerprint density at radius 2 is 1.70 bits per heavy atom. The summed E-state index contributed by atoms with van der Waals surface area (Å²) in [6.45, 7) is 3.86. The molecule has 0 atom stereocenters. The molecule has 0 saturated heterocycles. The SMILES string of the molecule is CCOc1ccc(NC(=O)NC(=O)COC(=O)c2cc(Cl)ccc2N)cc1OCC. The van der Waals surface area contributed by atoms with Crippen molar-refractivity contribution in [2.45, 2.75) is 13.8 Å². The van der Waals surface area contributed by atoms with E-state index in [1.807, 2.05) is 13.8 Å². The van der Waals surface area contributed by atoms with E-state index in [1.165, 1.54) is 18.2 Å². The summed E-state index contributed by atoms with van der Waals surface area (Å²) < 4.78 is 15.8. The summed E-state index contributed by atoms with van der Waals surface area (Å²) in [6.07, 6.45) is 0. The average Bonchev–Trinajstić information content (AvgIpc) is 2.70. The molecule has 0 fully saturated rings. The molecule has 2 rings (SSSR count). The van der Waals surface area contributed by atoms with Crippen LogP contribution in [0.1, 0.15) is 24.2 Å². The van der Waals surface area contributed by atoms with Gasteiger partial charge in [-0.2, -0.15) is 0 Å². The predicted molar refractivity (Wildman–Crippen MR) is 112 cm³/mol. The molecule has 3 amide bonds. The van der Waals surface area contributed by atoms with Crippen molar-refractivity contribution in [2.24, 2.45) is 0 Å². The summed E-state index contributed by atoms with van der Waals surface area (Å²) in [7, 11) is 0. The fourth-order valence-corrected chi connectivity index (χ4v) is 2.54. The molecule has 0 unspecified atom stereocenters. The van der Waals surface area contributed by atoms with Gasteiger partial charge >= 0.3 is 12.0 Å². The Kier molecular flexibility index (Phi) is 8.30. The fraction of sp³-hybridized carbons (Fsp3) is 0.250. The maximum absolute atomic E-state index is 12.0. The number of carbonyl (C=O) groups excluding carboxylic acids is 3. The van der Waals surface area contributed by atoms with Gasteiger partial charge in [-0.25, -0.2) is 9.59 Å². The highest BCUT2D eigenvalue weighted by molar-refractivity contribution is 6.31. The van der Waals surface area contributed by atoms with Crippen LogP contribution in [0.3, 0.4) is 0 Å². The molecule has 10 heteroatoms. The summed E-state index contributed by atoms with van der Waals surface area (Å²) in [5, 5.41) is 4.84. The summed E-state index contributed by atoms with van der Waals surface area (Å²) in [5.41, 5.74) is 6.25. The van der Waals surface area contributed by atoms with Crippen LogP contribution in [0.4, 0.5) is 16.2 Å². The average molecular weight is 436 g/mol. The summed E-state index contributed by atoms with van der Waals surface area (Å²) in [4.78, 5) is 35.9. The van der Waals surface area contributed by atoms with Gasteiger partial charge in [-0.1, -0.05) is 11.6 Å². The minimum atomic E-state index is -0.835. The Morgan fingerprint density at radius 3 is 2.40 bits per heavy atom. The van der Waals surface area contributed by atoms with Gasteiger partial charge in [-0.05, 0) is 44.2 Å². The number of ether oxygens (including phenoxy) is 3. The number of amides is 3. The molecule has 0 aromatic heterocycles. The summed E-state index contributed by atoms with van der Waals surface area (Å²) >= 11 is 5.82. The number of nitrogens with one attached hydrogen (secondary N) is 2. The van der Waals surface area contributed by atoms with E-state index in [0.717, 1.165) is 0 Å². The monoisotopic (exact) mass is 435 g/mol. The molecule has 9 nitrogen and oxygen atoms in total. The minimum absolute atomic E-state index is 0.0255. The van der Waals surface area contributed by atoms with Crippen LogP contribution in [0.5, 0.6) is 11.5 Å². The van der Waals surface area contributed by atoms with E-state index >= 15 is 0 Å². The molecular weight excluding hydrogens is 414 g/mol. The van der Waals surface area contributed by atoms with Crippen LogP contribution in [0.2, 0.25) is 5.02 Å². The lowest BCUT2D eigenvalue weighted by molar-refractivity contribution is -0.123. The number of anilines is 2. The summed E-state index contributed by atoms with van der Waals surface area (Å²) in [6, 6.07) is 8.29. The molecule has 2 aromatic rings. The zero-order chi connectivity index (χ0) is 22.1. The highest BCUT2D eigenvalue weighted by Gasteiger charge is 2.16. The molecule has 0 bridgehead atoms. The zero-order valence-corrected chi connectivity index (χ0v) is 17.2. The lowest BCUT2D eigenvalue weighted by atomic mass is 10.2. The van der Waals surface area contributed by atoms with Crippen molar-refractivity contribution in [3.8, 4) is 11.5 Å². The smallest absolute Gasteiger partial charge is 0.340 e. The predicted octanol–water partition coefficient (Wildman–Crippen LogP) is 3.22. The Morgan fingerprint density at radius 1 is 1.00 bits per heavy atom. The van der Waals surface area contributed by atoms with Gasteiger partial charge in [-0.3, -0.25) is 10.1 Å². The Hall–Kier alpha value is -3.46. The number of imide groups is 1. The van der Waals surface area contributed by atoms with E-state index in [0.29, 0.717) is 35.4 Å². The Bertz CT molecular complexity index is 935. The van der Waals surface area contributed by atoms with Gasteiger partial charge in [-0.15, -0.1) is 0 Å². The highest BCUT2D eigenvalue weighted by atomic mass is 35.5. The number of hydrogen-bond acceptors (Lipinski definition) is 7. The van der Waals surface area contributed by atoms with Gasteiger partial charge in [0.05, 0.1) is 18.8 Å². The third-order valence-electron chi connectivity index (χ3n) is 3.62. The van der Waals surface area contributed by atoms with Crippen LogP contribution >= 0.6 is 11.6 Å². The van der Waals surface area contributed by atoms with Crippen LogP contribution in [0, 0.1) is 0 Å². The standard InChI is InChI=1S/C20H22ClN3O6/c1-3-28-16-8-6-13(10-17(16)29-4-2)23-20(27)24-18(25)11-30-19(26)14-9-12(21)5-7-15(14)22/h5-10H,3-4,11,22H2,1-2H3,(H2,23,24,25,27). The van der Waals surface area contributed by atoms with Crippen molar-refractivity contribution in [3.05, 3.63) is 47.0 Å². The maximum Gasteiger partial charge on any atom is 0.340 e. The number of hydrogen-bond donors (Lipinski definition) is 3. The van der Waals surface area contributed by atoms with E-state index in [-0.39, 0.29) is 11.3 Å². The van der Waals surface area contributed by atoms with E-state index in [1.54, 1.807) is 18.2 Å². The molecule has 0 radical (unpaired) electrons. The lowest BCUT2D eigenvalue weighted by Gasteiger charge is -2.13. The Labute approximate surface area is 178 Å². The third-order valence-corrected chi connectivity index (χ3v) is 3.86. The van der Waals surface area contributed by atoms with E-state index in [2.05, 4.69) is 10.6 Å². The second-order valence-electron chi connectivity index (χ2n) is 5.84. The molecule has 0 heterocycles. The normalized spacial score (nSPS) is 10.1. The van der Waals surface area contributed by atoms with E-state index < -0.39 is 24.5 Å². The van der Waals surface area contributed by atoms with Crippen molar-refractivity contribution in [1.29, 1.82) is 0 Å². The largest absolute Gasteiger partial charge is 0.490 e. The number of nitrogens with two attached hydrogens (primary N) is 1. The highest BCUT2D eigenvalue weighted by Crippen LogP contribution is 2.30. The number of carbonyl (C=O) groups is 3. The van der Waals surface area contributed by atoms with Crippen molar-refractivity contribution in [2.75, 3.05) is 30.9 Å². The maximum atomic E-state index is 12.0. The van der Waals surface area contributed by atoms with Crippen LogP contribution in [0.15, 0.2) is 36.4 Å². The summed E-state index contributed by atoms with van der Waals surface area (Å²) in [5.74, 6) is -0.666. The molecule has 0 aliphatic rings. The van der Waals surface area contributed by atoms with Gasteiger partial charge < -0.3 is 25.3 Å². The zero-order valence-electron chi connectivity index (χ0n) is 16.5. The van der Waals surface area contributed by atoms with Gasteiger partial charge in [0.25, 0.3) is 5.91 Å². The first-order valence-corrected chi connectivity index (χ1v) is 9.44. The van der Waals surface area contributed by atoms with Crippen LogP contribution < -0.4 is 25.8 Å². The third kappa shape index (κ3) is 6.56. The van der Waals surface area contributed by atoms with E-state index in [4.69, 9.17) is 31.5 Å². The molecule has 0 aliphatic carbocycles. The number of rotatable bonds is 8. The second kappa shape index (κ2) is 10.9. The van der Waals surface area contributed by atoms with Gasteiger partial charge in [0.15, 0.2) is 18.1 Å². The molecule has 30 heavy (non-hydrogen) atoms. The molecule has 0 saturated carbocycles. The number of nitrogen functional groups attached to an aromatic ring is 1. The van der Waals surface area contributed by atoms with Crippen LogP contribution in [-0.2, 0) is 9.53 Å². The molecule has 0 spiro atoms. The van der Waals surface area contributed by atoms with Crippen molar-refractivity contribution < 1.29 is 28.6 Å². The lowest BCUT2D eigenvalue weighted by Crippen LogP contribution is -2.37. The second-order valence-corrected chi connectivity index (χ2v) is 6.27. The van der Waals surface area contributed by atoms with E-state index in [9.17, 15) is 14.4 Å². The number of halogens is 1. The van der Waals surface area contributed by atoms with Gasteiger partial charge in [0.2, 0.25) is 0 Å². The first-order valence-electron chi connectivity index (χ1n) is 9.06. The Balaban J connectivity index is 1.90. The first kappa shape index (κ1) is 22.8. The molecule has 160 valence electrons. The van der Waals surface area contributed by atoms with Gasteiger partial charge in [0, 0.05) is 22.5 Å². The molecule has 2 aromatic carbocycles. The van der Waals surface area contributed by atoms with Gasteiger partial charge in [0.1, 0.15) is 0 Å².